The van der Waals surface area contributed by atoms with Gasteiger partial charge in [0.05, 0.1) is 13.0 Å². The van der Waals surface area contributed by atoms with E-state index < -0.39 is 0 Å². The molecule has 1 aromatic rings. The number of carbonyl (C=O) groups excluding carboxylic acids is 3. The van der Waals surface area contributed by atoms with E-state index in [2.05, 4.69) is 15.5 Å². The summed E-state index contributed by atoms with van der Waals surface area (Å²) in [6, 6.07) is 2.55. The number of esters is 1. The second-order valence-electron chi connectivity index (χ2n) is 5.74. The normalized spacial score (nSPS) is 14.8. The maximum absolute atomic E-state index is 12.1. The quantitative estimate of drug-likeness (QED) is 0.687. The minimum absolute atomic E-state index is 0.0599. The maximum atomic E-state index is 12.1. The molecule has 1 aliphatic heterocycles. The lowest BCUT2D eigenvalue weighted by Gasteiger charge is -2.32. The summed E-state index contributed by atoms with van der Waals surface area (Å²) in [6.45, 7) is 3.07. The van der Waals surface area contributed by atoms with Gasteiger partial charge >= 0.3 is 5.97 Å². The number of hydrogen-bond donors (Lipinski definition) is 2. The van der Waals surface area contributed by atoms with Crippen LogP contribution in [0.4, 0.5) is 0 Å². The average Bonchev–Trinajstić information content (AvgIpc) is 2.61. The van der Waals surface area contributed by atoms with Crippen molar-refractivity contribution in [2.45, 2.75) is 38.6 Å². The highest BCUT2D eigenvalue weighted by molar-refractivity contribution is 5.92. The molecule has 136 valence electrons. The zero-order chi connectivity index (χ0) is 18.2. The number of carbonyl (C=O) groups is 3. The number of H-pyrrole nitrogens is 1. The summed E-state index contributed by atoms with van der Waals surface area (Å²) >= 11 is 0. The first-order chi connectivity index (χ1) is 12.0. The summed E-state index contributed by atoms with van der Waals surface area (Å²) < 4.78 is 4.80. The Balaban J connectivity index is 1.74. The van der Waals surface area contributed by atoms with Crippen molar-refractivity contribution in [3.8, 4) is 0 Å². The summed E-state index contributed by atoms with van der Waals surface area (Å²) in [5, 5.41) is 8.75. The van der Waals surface area contributed by atoms with Gasteiger partial charge in [-0.3, -0.25) is 19.2 Å². The predicted octanol–water partition coefficient (Wildman–Crippen LogP) is -0.166. The lowest BCUT2D eigenvalue weighted by molar-refractivity contribution is -0.145. The molecule has 0 aliphatic carbocycles. The number of aromatic nitrogens is 2. The molecule has 0 unspecified atom stereocenters. The summed E-state index contributed by atoms with van der Waals surface area (Å²) in [5.74, 6) is -0.810. The third-order valence-corrected chi connectivity index (χ3v) is 3.94. The van der Waals surface area contributed by atoms with Crippen LogP contribution in [0.5, 0.6) is 0 Å². The third kappa shape index (κ3) is 5.70. The molecule has 1 saturated heterocycles. The van der Waals surface area contributed by atoms with Crippen molar-refractivity contribution in [1.29, 1.82) is 0 Å². The molecule has 2 N–H and O–H groups in total. The van der Waals surface area contributed by atoms with Crippen molar-refractivity contribution in [3.63, 3.8) is 0 Å². The highest BCUT2D eigenvalue weighted by atomic mass is 16.5. The summed E-state index contributed by atoms with van der Waals surface area (Å²) in [6.07, 6.45) is 1.47. The van der Waals surface area contributed by atoms with Crippen LogP contribution < -0.4 is 10.9 Å². The number of likely N-dealkylation sites (tertiary alicyclic amines) is 1. The van der Waals surface area contributed by atoms with Gasteiger partial charge in [-0.2, -0.15) is 5.10 Å². The van der Waals surface area contributed by atoms with E-state index in [0.29, 0.717) is 32.5 Å². The number of aromatic amines is 1. The van der Waals surface area contributed by atoms with Crippen LogP contribution in [0.1, 0.15) is 43.1 Å². The Morgan fingerprint density at radius 2 is 2.00 bits per heavy atom. The van der Waals surface area contributed by atoms with Gasteiger partial charge in [0.2, 0.25) is 5.91 Å². The van der Waals surface area contributed by atoms with E-state index in [4.69, 9.17) is 4.74 Å². The molecule has 2 amide bonds. The SMILES string of the molecule is CCOC(=O)CCC(=O)N1CCC(NC(=O)c2ccc(=O)[nH]n2)CC1. The molecule has 25 heavy (non-hydrogen) atoms. The highest BCUT2D eigenvalue weighted by Crippen LogP contribution is 2.13. The van der Waals surface area contributed by atoms with Crippen molar-refractivity contribution < 1.29 is 19.1 Å². The summed E-state index contributed by atoms with van der Waals surface area (Å²) in [5.41, 5.74) is -0.223. The van der Waals surface area contributed by atoms with Crippen molar-refractivity contribution >= 4 is 17.8 Å². The second-order valence-corrected chi connectivity index (χ2v) is 5.74. The lowest BCUT2D eigenvalue weighted by Crippen LogP contribution is -2.46. The molecule has 9 heteroatoms. The van der Waals surface area contributed by atoms with E-state index in [0.717, 1.165) is 0 Å². The van der Waals surface area contributed by atoms with Gasteiger partial charge in [0.25, 0.3) is 11.5 Å². The summed E-state index contributed by atoms with van der Waals surface area (Å²) in [4.78, 5) is 48.1. The highest BCUT2D eigenvalue weighted by Gasteiger charge is 2.24. The van der Waals surface area contributed by atoms with Crippen molar-refractivity contribution in [2.24, 2.45) is 0 Å². The van der Waals surface area contributed by atoms with Crippen LogP contribution in [-0.2, 0) is 14.3 Å². The molecular weight excluding hydrogens is 328 g/mol. The molecule has 1 aromatic heterocycles. The molecule has 0 bridgehead atoms. The van der Waals surface area contributed by atoms with E-state index in [9.17, 15) is 19.2 Å². The predicted molar refractivity (Wildman–Crippen MR) is 87.8 cm³/mol. The van der Waals surface area contributed by atoms with E-state index in [-0.39, 0.29) is 47.9 Å². The minimum Gasteiger partial charge on any atom is -0.466 e. The maximum Gasteiger partial charge on any atom is 0.306 e. The molecule has 0 aromatic carbocycles. The van der Waals surface area contributed by atoms with Gasteiger partial charge in [-0.25, -0.2) is 5.10 Å². The first-order valence-corrected chi connectivity index (χ1v) is 8.29. The smallest absolute Gasteiger partial charge is 0.306 e. The van der Waals surface area contributed by atoms with Crippen molar-refractivity contribution in [2.75, 3.05) is 19.7 Å². The monoisotopic (exact) mass is 350 g/mol. The van der Waals surface area contributed by atoms with Crippen LogP contribution in [0.2, 0.25) is 0 Å². The molecule has 1 fully saturated rings. The standard InChI is InChI=1S/C16H22N4O5/c1-2-25-15(23)6-5-14(22)20-9-7-11(8-10-20)17-16(24)12-3-4-13(21)19-18-12/h3-4,11H,2,5-10H2,1H3,(H,17,24)(H,19,21). The molecule has 1 aliphatic rings. The Morgan fingerprint density at radius 1 is 1.28 bits per heavy atom. The number of amides is 2. The largest absolute Gasteiger partial charge is 0.466 e. The van der Waals surface area contributed by atoms with Crippen LogP contribution in [0.25, 0.3) is 0 Å². The third-order valence-electron chi connectivity index (χ3n) is 3.94. The fraction of sp³-hybridized carbons (Fsp3) is 0.562. The Labute approximate surface area is 144 Å². The Kier molecular flexibility index (Phi) is 6.67. The van der Waals surface area contributed by atoms with Gasteiger partial charge < -0.3 is 15.0 Å². The van der Waals surface area contributed by atoms with Crippen molar-refractivity contribution in [3.05, 3.63) is 28.2 Å². The number of ether oxygens (including phenoxy) is 1. The van der Waals surface area contributed by atoms with Crippen LogP contribution in [0.3, 0.4) is 0 Å². The molecule has 9 nitrogen and oxygen atoms in total. The topological polar surface area (TPSA) is 121 Å². The fourth-order valence-electron chi connectivity index (χ4n) is 2.60. The van der Waals surface area contributed by atoms with E-state index in [1.807, 2.05) is 0 Å². The van der Waals surface area contributed by atoms with Gasteiger partial charge in [0.15, 0.2) is 0 Å². The first-order valence-electron chi connectivity index (χ1n) is 8.29. The van der Waals surface area contributed by atoms with Gasteiger partial charge in [-0.15, -0.1) is 0 Å². The summed E-state index contributed by atoms with van der Waals surface area (Å²) in [7, 11) is 0. The van der Waals surface area contributed by atoms with Crippen LogP contribution in [0, 0.1) is 0 Å². The van der Waals surface area contributed by atoms with E-state index >= 15 is 0 Å². The second kappa shape index (κ2) is 8.95. The lowest BCUT2D eigenvalue weighted by atomic mass is 10.0. The Hall–Kier alpha value is -2.71. The fourth-order valence-corrected chi connectivity index (χ4v) is 2.60. The van der Waals surface area contributed by atoms with Crippen LogP contribution >= 0.6 is 0 Å². The number of nitrogens with zero attached hydrogens (tertiary/aromatic N) is 2. The zero-order valence-electron chi connectivity index (χ0n) is 14.1. The Morgan fingerprint density at radius 3 is 2.60 bits per heavy atom. The van der Waals surface area contributed by atoms with Crippen molar-refractivity contribution in [1.82, 2.24) is 20.4 Å². The zero-order valence-corrected chi connectivity index (χ0v) is 14.1. The molecule has 0 radical (unpaired) electrons. The minimum atomic E-state index is -0.369. The number of hydrogen-bond acceptors (Lipinski definition) is 6. The first kappa shape index (κ1) is 18.6. The molecule has 2 heterocycles. The van der Waals surface area contributed by atoms with Gasteiger partial charge in [-0.05, 0) is 25.8 Å². The van der Waals surface area contributed by atoms with Gasteiger partial charge in [-0.1, -0.05) is 0 Å². The molecule has 2 rings (SSSR count). The van der Waals surface area contributed by atoms with Crippen LogP contribution in [0.15, 0.2) is 16.9 Å². The number of nitrogens with one attached hydrogen (secondary N) is 2. The van der Waals surface area contributed by atoms with Gasteiger partial charge in [0.1, 0.15) is 5.69 Å². The molecule has 0 atom stereocenters. The van der Waals surface area contributed by atoms with Crippen LogP contribution in [-0.4, -0.2) is 58.6 Å². The number of piperidine rings is 1. The molecule has 0 spiro atoms. The average molecular weight is 350 g/mol. The Bertz CT molecular complexity index is 659. The van der Waals surface area contributed by atoms with E-state index in [1.54, 1.807) is 11.8 Å². The number of rotatable bonds is 6. The molecule has 0 saturated carbocycles. The van der Waals surface area contributed by atoms with E-state index in [1.165, 1.54) is 12.1 Å². The molecular formula is C16H22N4O5. The van der Waals surface area contributed by atoms with Gasteiger partial charge in [0, 0.05) is 31.6 Å².